The number of aromatic nitrogens is 3. The van der Waals surface area contributed by atoms with Crippen molar-refractivity contribution in [2.45, 2.75) is 6.92 Å². The summed E-state index contributed by atoms with van der Waals surface area (Å²) in [5, 5.41) is 17.0. The second kappa shape index (κ2) is 9.05. The van der Waals surface area contributed by atoms with Crippen LogP contribution < -0.4 is 21.5 Å². The van der Waals surface area contributed by atoms with Crippen LogP contribution in [0.3, 0.4) is 0 Å². The van der Waals surface area contributed by atoms with E-state index < -0.39 is 16.5 Å². The average Bonchev–Trinajstić information content (AvgIpc) is 2.73. The summed E-state index contributed by atoms with van der Waals surface area (Å²) in [6.07, 6.45) is 4.00. The van der Waals surface area contributed by atoms with E-state index in [1.165, 1.54) is 31.5 Å². The van der Waals surface area contributed by atoms with Crippen LogP contribution in [0.5, 0.6) is 0 Å². The van der Waals surface area contributed by atoms with E-state index in [4.69, 9.17) is 0 Å². The van der Waals surface area contributed by atoms with Gasteiger partial charge in [-0.15, -0.1) is 0 Å². The maximum absolute atomic E-state index is 12.1. The fourth-order valence-corrected chi connectivity index (χ4v) is 2.40. The van der Waals surface area contributed by atoms with Gasteiger partial charge in [0.05, 0.1) is 4.92 Å². The number of anilines is 4. The Bertz CT molecular complexity index is 1070. The van der Waals surface area contributed by atoms with E-state index in [1.54, 1.807) is 24.3 Å². The first-order valence-electron chi connectivity index (χ1n) is 8.54. The standard InChI is InChI=1S/C18H16N8O4/c1-11(27)22-13-2-4-14(5-3-13)23-16-15(26(29)30)17(21-10-20-16)24-25-18(28)12-6-8-19-9-7-12/h2-10H,1H3,(H,22,27)(H,25,28)(H2,20,21,23,24). The lowest BCUT2D eigenvalue weighted by atomic mass is 10.2. The van der Waals surface area contributed by atoms with Crippen LogP contribution in [-0.2, 0) is 4.79 Å². The average molecular weight is 408 g/mol. The third-order valence-corrected chi connectivity index (χ3v) is 3.71. The lowest BCUT2D eigenvalue weighted by Crippen LogP contribution is -2.30. The van der Waals surface area contributed by atoms with Gasteiger partial charge < -0.3 is 10.6 Å². The van der Waals surface area contributed by atoms with Crippen molar-refractivity contribution in [1.29, 1.82) is 0 Å². The van der Waals surface area contributed by atoms with Crippen LogP contribution in [-0.4, -0.2) is 31.7 Å². The molecular formula is C18H16N8O4. The third kappa shape index (κ3) is 5.01. The fraction of sp³-hybridized carbons (Fsp3) is 0.0556. The van der Waals surface area contributed by atoms with Gasteiger partial charge in [-0.05, 0) is 36.4 Å². The largest absolute Gasteiger partial charge is 0.355 e. The number of carbonyl (C=O) groups excluding carboxylic acids is 2. The van der Waals surface area contributed by atoms with Gasteiger partial charge in [0.2, 0.25) is 17.5 Å². The van der Waals surface area contributed by atoms with Crippen LogP contribution in [0.4, 0.5) is 28.7 Å². The van der Waals surface area contributed by atoms with Crippen LogP contribution >= 0.6 is 0 Å². The highest BCUT2D eigenvalue weighted by Gasteiger charge is 2.23. The smallest absolute Gasteiger partial charge is 0.334 e. The van der Waals surface area contributed by atoms with Gasteiger partial charge in [-0.2, -0.15) is 0 Å². The third-order valence-electron chi connectivity index (χ3n) is 3.71. The minimum absolute atomic E-state index is 0.0806. The molecule has 0 radical (unpaired) electrons. The van der Waals surface area contributed by atoms with Crippen molar-refractivity contribution in [3.05, 3.63) is 70.8 Å². The first kappa shape index (κ1) is 20.1. The van der Waals surface area contributed by atoms with Crippen molar-refractivity contribution in [3.8, 4) is 0 Å². The van der Waals surface area contributed by atoms with E-state index >= 15 is 0 Å². The quantitative estimate of drug-likeness (QED) is 0.339. The highest BCUT2D eigenvalue weighted by molar-refractivity contribution is 5.95. The van der Waals surface area contributed by atoms with Crippen LogP contribution in [0, 0.1) is 10.1 Å². The topological polar surface area (TPSA) is 164 Å². The molecule has 0 spiro atoms. The Balaban J connectivity index is 1.78. The Hall–Kier alpha value is -4.61. The normalized spacial score (nSPS) is 10.0. The van der Waals surface area contributed by atoms with Crippen molar-refractivity contribution in [1.82, 2.24) is 20.4 Å². The Morgan fingerprint density at radius 1 is 0.967 bits per heavy atom. The lowest BCUT2D eigenvalue weighted by Gasteiger charge is -2.11. The maximum atomic E-state index is 12.1. The van der Waals surface area contributed by atoms with Gasteiger partial charge >= 0.3 is 5.69 Å². The molecule has 0 aliphatic carbocycles. The molecule has 12 heteroatoms. The van der Waals surface area contributed by atoms with E-state index in [-0.39, 0.29) is 17.5 Å². The molecule has 2 amide bonds. The summed E-state index contributed by atoms with van der Waals surface area (Å²) in [5.41, 5.74) is 5.72. The number of hydrogen-bond acceptors (Lipinski definition) is 9. The Morgan fingerprint density at radius 3 is 2.23 bits per heavy atom. The monoisotopic (exact) mass is 408 g/mol. The number of benzene rings is 1. The number of amides is 2. The number of carbonyl (C=O) groups is 2. The van der Waals surface area contributed by atoms with Gasteiger partial charge in [-0.1, -0.05) is 0 Å². The number of pyridine rings is 1. The van der Waals surface area contributed by atoms with Crippen molar-refractivity contribution < 1.29 is 14.5 Å². The summed E-state index contributed by atoms with van der Waals surface area (Å²) >= 11 is 0. The number of nitrogens with zero attached hydrogens (tertiary/aromatic N) is 4. The van der Waals surface area contributed by atoms with Gasteiger partial charge in [0.1, 0.15) is 6.33 Å². The summed E-state index contributed by atoms with van der Waals surface area (Å²) < 4.78 is 0. The van der Waals surface area contributed by atoms with Gasteiger partial charge in [0.15, 0.2) is 0 Å². The SMILES string of the molecule is CC(=O)Nc1ccc(Nc2ncnc(NNC(=O)c3ccncc3)c2[N+](=O)[O-])cc1. The second-order valence-electron chi connectivity index (χ2n) is 5.88. The first-order valence-corrected chi connectivity index (χ1v) is 8.54. The zero-order chi connectivity index (χ0) is 21.5. The van der Waals surface area contributed by atoms with E-state index in [1.807, 2.05) is 0 Å². The minimum atomic E-state index is -0.672. The van der Waals surface area contributed by atoms with Crippen LogP contribution in [0.2, 0.25) is 0 Å². The maximum Gasteiger partial charge on any atom is 0.355 e. The van der Waals surface area contributed by atoms with Crippen LogP contribution in [0.1, 0.15) is 17.3 Å². The molecule has 3 rings (SSSR count). The van der Waals surface area contributed by atoms with Crippen LogP contribution in [0.25, 0.3) is 0 Å². The second-order valence-corrected chi connectivity index (χ2v) is 5.88. The van der Waals surface area contributed by atoms with Crippen molar-refractivity contribution in [3.63, 3.8) is 0 Å². The Morgan fingerprint density at radius 2 is 1.60 bits per heavy atom. The molecule has 30 heavy (non-hydrogen) atoms. The molecule has 4 N–H and O–H groups in total. The highest BCUT2D eigenvalue weighted by Crippen LogP contribution is 2.31. The summed E-state index contributed by atoms with van der Waals surface area (Å²) in [5.74, 6) is -1.02. The van der Waals surface area contributed by atoms with Crippen molar-refractivity contribution in [2.24, 2.45) is 0 Å². The number of hydrogen-bond donors (Lipinski definition) is 4. The zero-order valence-corrected chi connectivity index (χ0v) is 15.6. The molecule has 0 saturated heterocycles. The Labute approximate surface area is 169 Å². The molecule has 0 aliphatic rings. The summed E-state index contributed by atoms with van der Waals surface area (Å²) in [6.45, 7) is 1.39. The molecule has 0 atom stereocenters. The van der Waals surface area contributed by atoms with Crippen LogP contribution in [0.15, 0.2) is 55.1 Å². The molecule has 12 nitrogen and oxygen atoms in total. The van der Waals surface area contributed by atoms with Gasteiger partial charge in [0.25, 0.3) is 5.91 Å². The minimum Gasteiger partial charge on any atom is -0.334 e. The van der Waals surface area contributed by atoms with Gasteiger partial charge in [-0.3, -0.25) is 35.5 Å². The molecule has 0 aliphatic heterocycles. The summed E-state index contributed by atoms with van der Waals surface area (Å²) in [4.78, 5) is 45.7. The predicted molar refractivity (Wildman–Crippen MR) is 108 cm³/mol. The molecule has 152 valence electrons. The zero-order valence-electron chi connectivity index (χ0n) is 15.6. The number of hydrazine groups is 1. The fourth-order valence-electron chi connectivity index (χ4n) is 2.40. The lowest BCUT2D eigenvalue weighted by molar-refractivity contribution is -0.383. The predicted octanol–water partition coefficient (Wildman–Crippen LogP) is 2.24. The Kier molecular flexibility index (Phi) is 6.08. The van der Waals surface area contributed by atoms with E-state index in [0.29, 0.717) is 16.9 Å². The molecule has 0 saturated carbocycles. The summed E-state index contributed by atoms with van der Waals surface area (Å²) in [7, 11) is 0. The molecule has 2 heterocycles. The molecular weight excluding hydrogens is 392 g/mol. The number of rotatable bonds is 7. The molecule has 3 aromatic rings. The van der Waals surface area contributed by atoms with Crippen molar-refractivity contribution >= 4 is 40.5 Å². The number of nitrogens with one attached hydrogen (secondary N) is 4. The molecule has 2 aromatic heterocycles. The molecule has 1 aromatic carbocycles. The summed E-state index contributed by atoms with van der Waals surface area (Å²) in [6, 6.07) is 9.48. The molecule has 0 unspecified atom stereocenters. The number of nitro groups is 1. The van der Waals surface area contributed by atoms with E-state index in [9.17, 15) is 19.7 Å². The first-order chi connectivity index (χ1) is 14.4. The highest BCUT2D eigenvalue weighted by atomic mass is 16.6. The molecule has 0 bridgehead atoms. The van der Waals surface area contributed by atoms with E-state index in [2.05, 4.69) is 36.4 Å². The van der Waals surface area contributed by atoms with Gasteiger partial charge in [0, 0.05) is 36.3 Å². The van der Waals surface area contributed by atoms with Crippen molar-refractivity contribution in [2.75, 3.05) is 16.1 Å². The molecule has 0 fully saturated rings. The van der Waals surface area contributed by atoms with E-state index in [0.717, 1.165) is 6.33 Å². The van der Waals surface area contributed by atoms with Gasteiger partial charge in [-0.25, -0.2) is 9.97 Å².